The average molecular weight is 334 g/mol. The van der Waals surface area contributed by atoms with Gasteiger partial charge in [0.25, 0.3) is 0 Å². The van der Waals surface area contributed by atoms with Gasteiger partial charge in [-0.3, -0.25) is 4.79 Å². The number of carbonyl (C=O) groups is 1. The highest BCUT2D eigenvalue weighted by molar-refractivity contribution is 9.10. The number of nitrogens with one attached hydrogen (secondary N) is 1. The summed E-state index contributed by atoms with van der Waals surface area (Å²) < 4.78 is 13.7. The van der Waals surface area contributed by atoms with Crippen LogP contribution >= 0.6 is 15.9 Å². The molecule has 0 atom stereocenters. The lowest BCUT2D eigenvalue weighted by molar-refractivity contribution is 0.103. The van der Waals surface area contributed by atoms with E-state index in [9.17, 15) is 9.18 Å². The summed E-state index contributed by atoms with van der Waals surface area (Å²) in [6.45, 7) is 0. The third-order valence-electron chi connectivity index (χ3n) is 3.03. The number of ketones is 1. The Morgan fingerprint density at radius 3 is 2.95 bits per heavy atom. The van der Waals surface area contributed by atoms with E-state index < -0.39 is 5.82 Å². The molecule has 0 bridgehead atoms. The van der Waals surface area contributed by atoms with Crippen LogP contribution in [0.15, 0.2) is 41.1 Å². The van der Waals surface area contributed by atoms with E-state index in [2.05, 4.69) is 25.9 Å². The molecular formula is C14H9BrFN3O. The van der Waals surface area contributed by atoms with Crippen LogP contribution in [0.3, 0.4) is 0 Å². The Kier molecular flexibility index (Phi) is 3.02. The summed E-state index contributed by atoms with van der Waals surface area (Å²) in [6, 6.07) is 6.07. The highest BCUT2D eigenvalue weighted by Gasteiger charge is 2.18. The number of aromatic nitrogens is 2. The largest absolute Gasteiger partial charge is 0.396 e. The number of halogens is 2. The van der Waals surface area contributed by atoms with Gasteiger partial charge in [0.2, 0.25) is 0 Å². The van der Waals surface area contributed by atoms with E-state index in [1.54, 1.807) is 24.5 Å². The smallest absolute Gasteiger partial charge is 0.196 e. The van der Waals surface area contributed by atoms with Crippen LogP contribution in [0.5, 0.6) is 0 Å². The molecule has 1 aromatic carbocycles. The molecule has 0 fully saturated rings. The predicted octanol–water partition coefficient (Wildman–Crippen LogP) is 3.28. The van der Waals surface area contributed by atoms with Gasteiger partial charge in [-0.25, -0.2) is 9.37 Å². The van der Waals surface area contributed by atoms with Crippen LogP contribution < -0.4 is 5.73 Å². The molecule has 0 saturated carbocycles. The second-order valence-electron chi connectivity index (χ2n) is 4.28. The van der Waals surface area contributed by atoms with Gasteiger partial charge in [0.1, 0.15) is 11.5 Å². The highest BCUT2D eigenvalue weighted by Crippen LogP contribution is 2.27. The summed E-state index contributed by atoms with van der Waals surface area (Å²) >= 11 is 3.19. The van der Waals surface area contributed by atoms with Gasteiger partial charge < -0.3 is 10.7 Å². The topological polar surface area (TPSA) is 71.8 Å². The minimum atomic E-state index is -0.561. The van der Waals surface area contributed by atoms with Crippen molar-refractivity contribution < 1.29 is 9.18 Å². The van der Waals surface area contributed by atoms with Crippen molar-refractivity contribution in [2.75, 3.05) is 5.73 Å². The van der Waals surface area contributed by atoms with E-state index in [1.807, 2.05) is 0 Å². The van der Waals surface area contributed by atoms with Gasteiger partial charge in [0.15, 0.2) is 5.78 Å². The van der Waals surface area contributed by atoms with Gasteiger partial charge >= 0.3 is 0 Å². The molecule has 0 spiro atoms. The summed E-state index contributed by atoms with van der Waals surface area (Å²) in [6.07, 6.45) is 3.23. The van der Waals surface area contributed by atoms with Gasteiger partial charge in [0.05, 0.1) is 5.69 Å². The van der Waals surface area contributed by atoms with Crippen molar-refractivity contribution in [1.29, 1.82) is 0 Å². The third kappa shape index (κ3) is 1.98. The Morgan fingerprint density at radius 1 is 1.35 bits per heavy atom. The van der Waals surface area contributed by atoms with Crippen LogP contribution in [0.2, 0.25) is 0 Å². The zero-order chi connectivity index (χ0) is 14.3. The number of nitrogens with two attached hydrogens (primary N) is 1. The molecule has 3 N–H and O–H groups in total. The fraction of sp³-hybridized carbons (Fsp3) is 0. The Morgan fingerprint density at radius 2 is 2.15 bits per heavy atom. The Hall–Kier alpha value is -2.21. The minimum absolute atomic E-state index is 0.0606. The fourth-order valence-corrected chi connectivity index (χ4v) is 2.52. The van der Waals surface area contributed by atoms with E-state index in [0.717, 1.165) is 0 Å². The van der Waals surface area contributed by atoms with Crippen LogP contribution in [0.1, 0.15) is 15.9 Å². The van der Waals surface area contributed by atoms with Crippen molar-refractivity contribution in [1.82, 2.24) is 9.97 Å². The maximum absolute atomic E-state index is 13.3. The molecule has 0 unspecified atom stereocenters. The average Bonchev–Trinajstić information content (AvgIpc) is 2.86. The highest BCUT2D eigenvalue weighted by atomic mass is 79.9. The number of carbonyl (C=O) groups excluding carboxylic acids is 1. The van der Waals surface area contributed by atoms with Crippen LogP contribution in [0.25, 0.3) is 11.0 Å². The van der Waals surface area contributed by atoms with Crippen molar-refractivity contribution in [3.8, 4) is 0 Å². The number of pyridine rings is 1. The minimum Gasteiger partial charge on any atom is -0.396 e. The number of hydrogen-bond acceptors (Lipinski definition) is 3. The van der Waals surface area contributed by atoms with Crippen LogP contribution in [-0.2, 0) is 0 Å². The molecule has 0 radical (unpaired) electrons. The molecule has 3 rings (SSSR count). The molecule has 20 heavy (non-hydrogen) atoms. The van der Waals surface area contributed by atoms with Crippen molar-refractivity contribution in [2.24, 2.45) is 0 Å². The van der Waals surface area contributed by atoms with Crippen molar-refractivity contribution in [2.45, 2.75) is 0 Å². The lowest BCUT2D eigenvalue weighted by Crippen LogP contribution is -2.04. The van der Waals surface area contributed by atoms with E-state index in [0.29, 0.717) is 26.6 Å². The molecule has 2 heterocycles. The summed E-state index contributed by atoms with van der Waals surface area (Å²) in [5.74, 6) is -0.808. The number of anilines is 1. The number of aromatic amines is 1. The molecule has 0 aliphatic rings. The van der Waals surface area contributed by atoms with Crippen molar-refractivity contribution >= 4 is 38.4 Å². The van der Waals surface area contributed by atoms with Gasteiger partial charge in [-0.15, -0.1) is 0 Å². The van der Waals surface area contributed by atoms with Crippen LogP contribution in [0.4, 0.5) is 10.1 Å². The summed E-state index contributed by atoms with van der Waals surface area (Å²) in [5, 5.41) is 0.715. The van der Waals surface area contributed by atoms with Gasteiger partial charge in [-0.2, -0.15) is 0 Å². The summed E-state index contributed by atoms with van der Waals surface area (Å²) in [4.78, 5) is 19.6. The molecule has 2 aromatic heterocycles. The molecule has 0 aliphatic carbocycles. The van der Waals surface area contributed by atoms with E-state index in [-0.39, 0.29) is 11.5 Å². The van der Waals surface area contributed by atoms with E-state index in [4.69, 9.17) is 5.73 Å². The Balaban J connectivity index is 2.16. The number of nitrogens with zero attached hydrogens (tertiary/aromatic N) is 1. The quantitative estimate of drug-likeness (QED) is 0.558. The number of hydrogen-bond donors (Lipinski definition) is 2. The Labute approximate surface area is 121 Å². The lowest BCUT2D eigenvalue weighted by atomic mass is 10.0. The fourth-order valence-electron chi connectivity index (χ4n) is 2.03. The molecule has 4 nitrogen and oxygen atoms in total. The maximum atomic E-state index is 13.3. The summed E-state index contributed by atoms with van der Waals surface area (Å²) in [5.41, 5.74) is 6.88. The zero-order valence-corrected chi connectivity index (χ0v) is 11.7. The maximum Gasteiger partial charge on any atom is 0.196 e. The lowest BCUT2D eigenvalue weighted by Gasteiger charge is -2.05. The zero-order valence-electron chi connectivity index (χ0n) is 10.2. The van der Waals surface area contributed by atoms with Crippen molar-refractivity contribution in [3.05, 3.63) is 58.1 Å². The second kappa shape index (κ2) is 4.72. The first kappa shape index (κ1) is 12.8. The Bertz CT molecular complexity index is 828. The number of nitrogen functional groups attached to an aromatic ring is 1. The molecule has 6 heteroatoms. The van der Waals surface area contributed by atoms with Crippen LogP contribution in [-0.4, -0.2) is 15.8 Å². The van der Waals surface area contributed by atoms with Crippen molar-refractivity contribution in [3.63, 3.8) is 0 Å². The predicted molar refractivity (Wildman–Crippen MR) is 78.0 cm³/mol. The number of fused-ring (bicyclic) bond motifs is 1. The molecule has 0 saturated heterocycles. The molecule has 0 amide bonds. The normalized spacial score (nSPS) is 10.9. The van der Waals surface area contributed by atoms with Crippen LogP contribution in [0, 0.1) is 5.82 Å². The monoisotopic (exact) mass is 333 g/mol. The number of H-pyrrole nitrogens is 1. The molecule has 3 aromatic rings. The van der Waals surface area contributed by atoms with Gasteiger partial charge in [0, 0.05) is 33.4 Å². The molecule has 0 aliphatic heterocycles. The first-order chi connectivity index (χ1) is 9.58. The summed E-state index contributed by atoms with van der Waals surface area (Å²) in [7, 11) is 0. The second-order valence-corrected chi connectivity index (χ2v) is 5.14. The van der Waals surface area contributed by atoms with Gasteiger partial charge in [-0.05, 0) is 40.2 Å². The number of rotatable bonds is 2. The standard InChI is InChI=1S/C14H9BrFN3O/c15-10-5-11(16)12(17)4-8(10)13(20)9-6-19-14-7(9)2-1-3-18-14/h1-6H,17H2,(H,18,19). The first-order valence-corrected chi connectivity index (χ1v) is 6.58. The number of benzene rings is 1. The molecule has 100 valence electrons. The van der Waals surface area contributed by atoms with Gasteiger partial charge in [-0.1, -0.05) is 0 Å². The SMILES string of the molecule is Nc1cc(C(=O)c2c[nH]c3ncccc23)c(Br)cc1F. The first-order valence-electron chi connectivity index (χ1n) is 5.79. The van der Waals surface area contributed by atoms with E-state index >= 15 is 0 Å². The van der Waals surface area contributed by atoms with E-state index in [1.165, 1.54) is 12.1 Å². The molecular weight excluding hydrogens is 325 g/mol. The third-order valence-corrected chi connectivity index (χ3v) is 3.68.